The van der Waals surface area contributed by atoms with Gasteiger partial charge in [0.25, 0.3) is 5.91 Å². The molecule has 0 aliphatic rings. The van der Waals surface area contributed by atoms with Crippen molar-refractivity contribution in [3.05, 3.63) is 77.0 Å². The monoisotopic (exact) mass is 532 g/mol. The van der Waals surface area contributed by atoms with Gasteiger partial charge in [0.1, 0.15) is 23.1 Å². The topological polar surface area (TPSA) is 115 Å². The van der Waals surface area contributed by atoms with Gasteiger partial charge in [-0.1, -0.05) is 51.1 Å². The fourth-order valence-corrected chi connectivity index (χ4v) is 3.84. The van der Waals surface area contributed by atoms with Crippen molar-refractivity contribution >= 4 is 34.8 Å². The van der Waals surface area contributed by atoms with Gasteiger partial charge in [-0.2, -0.15) is 0 Å². The summed E-state index contributed by atoms with van der Waals surface area (Å²) in [4.78, 5) is 42.2. The van der Waals surface area contributed by atoms with Gasteiger partial charge < -0.3 is 19.9 Å². The van der Waals surface area contributed by atoms with Crippen molar-refractivity contribution < 1.29 is 29.0 Å². The van der Waals surface area contributed by atoms with Crippen LogP contribution in [0.2, 0.25) is 0 Å². The number of aromatic carboxylic acids is 1. The van der Waals surface area contributed by atoms with Crippen molar-refractivity contribution in [2.24, 2.45) is 5.41 Å². The Morgan fingerprint density at radius 2 is 1.67 bits per heavy atom. The molecule has 206 valence electrons. The Morgan fingerprint density at radius 1 is 1.00 bits per heavy atom. The average molecular weight is 533 g/mol. The first-order valence-corrected chi connectivity index (χ1v) is 12.7. The number of benzene rings is 2. The number of aromatic nitrogens is 1. The molecule has 8 heteroatoms. The fraction of sp³-hybridized carbons (Fsp3) is 0.355. The Balaban J connectivity index is 1.88. The molecule has 0 radical (unpaired) electrons. The Labute approximate surface area is 229 Å². The number of hydrogen-bond acceptors (Lipinski definition) is 6. The first-order valence-electron chi connectivity index (χ1n) is 12.7. The van der Waals surface area contributed by atoms with E-state index in [1.165, 1.54) is 13.2 Å². The number of methoxy groups -OCH3 is 1. The lowest BCUT2D eigenvalue weighted by atomic mass is 9.95. The molecule has 0 unspecified atom stereocenters. The minimum Gasteiger partial charge on any atom is -0.488 e. The smallest absolute Gasteiger partial charge is 0.336 e. The molecule has 0 fully saturated rings. The van der Waals surface area contributed by atoms with Gasteiger partial charge in [-0.3, -0.25) is 4.79 Å². The molecule has 3 aromatic rings. The zero-order valence-electron chi connectivity index (χ0n) is 23.5. The lowest BCUT2D eigenvalue weighted by Gasteiger charge is -2.21. The highest BCUT2D eigenvalue weighted by atomic mass is 16.5. The molecular weight excluding hydrogens is 496 g/mol. The first-order chi connectivity index (χ1) is 18.1. The third-order valence-electron chi connectivity index (χ3n) is 5.65. The molecule has 0 saturated heterocycles. The molecule has 2 aromatic carbocycles. The van der Waals surface area contributed by atoms with Gasteiger partial charge in [0.2, 0.25) is 0 Å². The van der Waals surface area contributed by atoms with Crippen LogP contribution in [-0.4, -0.2) is 46.7 Å². The number of allylic oxidation sites excluding steroid dienone is 1. The number of pyridine rings is 1. The molecule has 8 nitrogen and oxygen atoms in total. The Morgan fingerprint density at radius 3 is 2.23 bits per heavy atom. The minimum absolute atomic E-state index is 0.0385. The highest BCUT2D eigenvalue weighted by Gasteiger charge is 2.25. The van der Waals surface area contributed by atoms with Crippen LogP contribution in [0.25, 0.3) is 17.0 Å². The van der Waals surface area contributed by atoms with Crippen molar-refractivity contribution in [2.45, 2.75) is 59.6 Å². The zero-order valence-corrected chi connectivity index (χ0v) is 23.5. The van der Waals surface area contributed by atoms with Crippen LogP contribution in [0.5, 0.6) is 5.75 Å². The number of carboxylic acids is 1. The van der Waals surface area contributed by atoms with E-state index >= 15 is 0 Å². The fourth-order valence-electron chi connectivity index (χ4n) is 3.84. The van der Waals surface area contributed by atoms with E-state index in [1.807, 2.05) is 51.1 Å². The molecule has 0 bridgehead atoms. The summed E-state index contributed by atoms with van der Waals surface area (Å²) < 4.78 is 10.7. The predicted molar refractivity (Wildman–Crippen MR) is 151 cm³/mol. The van der Waals surface area contributed by atoms with E-state index < -0.39 is 23.9 Å². The van der Waals surface area contributed by atoms with Crippen LogP contribution in [0.3, 0.4) is 0 Å². The molecule has 1 aromatic heterocycles. The van der Waals surface area contributed by atoms with Gasteiger partial charge in [-0.15, -0.1) is 0 Å². The summed E-state index contributed by atoms with van der Waals surface area (Å²) in [6, 6.07) is 12.7. The van der Waals surface area contributed by atoms with E-state index in [1.54, 1.807) is 24.3 Å². The maximum absolute atomic E-state index is 13.2. The number of carbonyl (C=O) groups is 3. The summed E-state index contributed by atoms with van der Waals surface area (Å²) in [5.41, 5.74) is 1.40. The number of esters is 1. The quantitative estimate of drug-likeness (QED) is 0.359. The number of fused-ring (bicyclic) bond motifs is 1. The third kappa shape index (κ3) is 8.40. The average Bonchev–Trinajstić information content (AvgIpc) is 2.85. The van der Waals surface area contributed by atoms with Gasteiger partial charge in [-0.05, 0) is 67.6 Å². The second kappa shape index (κ2) is 11.7. The van der Waals surface area contributed by atoms with E-state index in [4.69, 9.17) is 9.47 Å². The number of rotatable bonds is 8. The molecule has 39 heavy (non-hydrogen) atoms. The first kappa shape index (κ1) is 29.4. The second-order valence-electron chi connectivity index (χ2n) is 11.4. The molecule has 1 amide bonds. The van der Waals surface area contributed by atoms with E-state index in [-0.39, 0.29) is 28.7 Å². The highest BCUT2D eigenvalue weighted by molar-refractivity contribution is 6.06. The molecule has 0 saturated carbocycles. The van der Waals surface area contributed by atoms with E-state index in [2.05, 4.69) is 31.1 Å². The van der Waals surface area contributed by atoms with Gasteiger partial charge in [0.05, 0.1) is 18.2 Å². The molecule has 0 aliphatic heterocycles. The summed E-state index contributed by atoms with van der Waals surface area (Å²) in [6.45, 7) is 12.0. The second-order valence-corrected chi connectivity index (χ2v) is 11.4. The van der Waals surface area contributed by atoms with Crippen LogP contribution in [0.1, 0.15) is 73.5 Å². The highest BCUT2D eigenvalue weighted by Crippen LogP contribution is 2.24. The van der Waals surface area contributed by atoms with Gasteiger partial charge >= 0.3 is 11.9 Å². The molecule has 0 spiro atoms. The summed E-state index contributed by atoms with van der Waals surface area (Å²) in [6.07, 6.45) is 4.12. The van der Waals surface area contributed by atoms with Crippen molar-refractivity contribution in [3.63, 3.8) is 0 Å². The maximum atomic E-state index is 13.2. The molecular formula is C31H36N2O6. The van der Waals surface area contributed by atoms with E-state index in [0.717, 1.165) is 11.1 Å². The van der Waals surface area contributed by atoms with E-state index in [0.29, 0.717) is 16.7 Å². The van der Waals surface area contributed by atoms with Crippen LogP contribution in [0.4, 0.5) is 0 Å². The maximum Gasteiger partial charge on any atom is 0.336 e. The minimum atomic E-state index is -1.18. The standard InChI is InChI=1S/C31H36N2O6/c1-30(2,3)15-14-20-10-13-24-22(16-20)23(28(35)36)18-25(32-24)27(34)33-26(29(37)38-7)17-19-8-11-21(12-9-19)39-31(4,5)6/h8-16,18,26H,17H2,1-7H3,(H,33,34)(H,35,36)/b15-14+/t26-/m0/s1. The SMILES string of the molecule is COC(=O)[C@H](Cc1ccc(OC(C)(C)C)cc1)NC(=O)c1cc(C(=O)O)c2cc(/C=C/C(C)(C)C)ccc2n1. The normalized spacial score (nSPS) is 12.8. The lowest BCUT2D eigenvalue weighted by Crippen LogP contribution is -2.43. The van der Waals surface area contributed by atoms with Crippen molar-refractivity contribution in [1.29, 1.82) is 0 Å². The number of ether oxygens (including phenoxy) is 2. The number of amides is 1. The molecule has 1 atom stereocenters. The molecule has 0 aliphatic carbocycles. The van der Waals surface area contributed by atoms with Crippen molar-refractivity contribution in [1.82, 2.24) is 10.3 Å². The van der Waals surface area contributed by atoms with Gasteiger partial charge in [-0.25, -0.2) is 14.6 Å². The summed E-state index contributed by atoms with van der Waals surface area (Å²) in [5, 5.41) is 12.9. The van der Waals surface area contributed by atoms with E-state index in [9.17, 15) is 19.5 Å². The largest absolute Gasteiger partial charge is 0.488 e. The van der Waals surface area contributed by atoms with Crippen molar-refractivity contribution in [3.8, 4) is 5.75 Å². The Bertz CT molecular complexity index is 1400. The number of hydrogen-bond donors (Lipinski definition) is 2. The number of nitrogens with one attached hydrogen (secondary N) is 1. The van der Waals surface area contributed by atoms with Crippen LogP contribution in [-0.2, 0) is 16.0 Å². The zero-order chi connectivity index (χ0) is 29.0. The van der Waals surface area contributed by atoms with Crippen LogP contribution < -0.4 is 10.1 Å². The summed E-state index contributed by atoms with van der Waals surface area (Å²) in [7, 11) is 1.24. The lowest BCUT2D eigenvalue weighted by molar-refractivity contribution is -0.142. The summed E-state index contributed by atoms with van der Waals surface area (Å²) >= 11 is 0. The summed E-state index contributed by atoms with van der Waals surface area (Å²) in [5.74, 6) is -1.81. The van der Waals surface area contributed by atoms with Crippen LogP contribution in [0.15, 0.2) is 54.6 Å². The molecule has 1 heterocycles. The van der Waals surface area contributed by atoms with Crippen LogP contribution in [0, 0.1) is 5.41 Å². The molecule has 2 N–H and O–H groups in total. The van der Waals surface area contributed by atoms with Crippen LogP contribution >= 0.6 is 0 Å². The van der Waals surface area contributed by atoms with Crippen molar-refractivity contribution in [2.75, 3.05) is 7.11 Å². The Kier molecular flexibility index (Phi) is 8.79. The number of carboxylic acid groups (broad SMARTS) is 1. The van der Waals surface area contributed by atoms with Gasteiger partial charge in [0.15, 0.2) is 0 Å². The predicted octanol–water partition coefficient (Wildman–Crippen LogP) is 5.68. The third-order valence-corrected chi connectivity index (χ3v) is 5.65. The van der Waals surface area contributed by atoms with Gasteiger partial charge in [0, 0.05) is 11.8 Å². The number of carbonyl (C=O) groups excluding carboxylic acids is 2. The Hall–Kier alpha value is -4.20. The number of nitrogens with zero attached hydrogens (tertiary/aromatic N) is 1. The molecule has 3 rings (SSSR count).